The molecule has 0 saturated carbocycles. The number of methoxy groups -OCH3 is 1. The SMILES string of the molecule is COc1ccc2ncc(Cl)c([C@H](F)CCC3(C(=O)NO)CCN(CC#Cc4c(F)cc(F)cc4F)CC3)c2c1. The van der Waals surface area contributed by atoms with Gasteiger partial charge in [0.05, 0.1) is 35.2 Å². The first-order valence-corrected chi connectivity index (χ1v) is 12.6. The fourth-order valence-electron chi connectivity index (χ4n) is 4.91. The Bertz CT molecular complexity index is 1410. The zero-order valence-electron chi connectivity index (χ0n) is 21.0. The van der Waals surface area contributed by atoms with E-state index in [1.165, 1.54) is 13.3 Å². The van der Waals surface area contributed by atoms with E-state index in [9.17, 15) is 23.2 Å². The molecule has 1 fully saturated rings. The number of hydrogen-bond acceptors (Lipinski definition) is 5. The number of aromatic nitrogens is 1. The molecule has 3 aromatic rings. The lowest BCUT2D eigenvalue weighted by atomic mass is 9.73. The molecule has 39 heavy (non-hydrogen) atoms. The third kappa shape index (κ3) is 6.27. The Morgan fingerprint density at radius 1 is 1.23 bits per heavy atom. The summed E-state index contributed by atoms with van der Waals surface area (Å²) in [4.78, 5) is 18.8. The lowest BCUT2D eigenvalue weighted by Gasteiger charge is -2.40. The number of halogens is 5. The van der Waals surface area contributed by atoms with E-state index in [2.05, 4.69) is 16.8 Å². The Kier molecular flexibility index (Phi) is 8.95. The van der Waals surface area contributed by atoms with Crippen molar-refractivity contribution in [2.75, 3.05) is 26.7 Å². The Morgan fingerprint density at radius 2 is 1.92 bits per heavy atom. The first-order valence-electron chi connectivity index (χ1n) is 12.2. The molecule has 0 bridgehead atoms. The number of amides is 1. The summed E-state index contributed by atoms with van der Waals surface area (Å²) in [5.74, 6) is 1.79. The Morgan fingerprint density at radius 3 is 2.56 bits per heavy atom. The lowest BCUT2D eigenvalue weighted by molar-refractivity contribution is -0.143. The molecule has 1 aromatic heterocycles. The van der Waals surface area contributed by atoms with E-state index >= 15 is 4.39 Å². The molecule has 0 radical (unpaired) electrons. The molecule has 11 heteroatoms. The van der Waals surface area contributed by atoms with Gasteiger partial charge in [-0.2, -0.15) is 0 Å². The molecule has 2 aromatic carbocycles. The smallest absolute Gasteiger partial charge is 0.249 e. The van der Waals surface area contributed by atoms with Gasteiger partial charge in [-0.05, 0) is 43.9 Å². The van der Waals surface area contributed by atoms with Crippen molar-refractivity contribution >= 4 is 28.4 Å². The van der Waals surface area contributed by atoms with Crippen molar-refractivity contribution in [1.82, 2.24) is 15.4 Å². The molecule has 6 nitrogen and oxygen atoms in total. The van der Waals surface area contributed by atoms with Gasteiger partial charge in [0.25, 0.3) is 0 Å². The van der Waals surface area contributed by atoms with Crippen molar-refractivity contribution in [1.29, 1.82) is 0 Å². The van der Waals surface area contributed by atoms with Crippen LogP contribution in [0.3, 0.4) is 0 Å². The molecule has 2 heterocycles. The summed E-state index contributed by atoms with van der Waals surface area (Å²) in [7, 11) is 1.50. The fraction of sp³-hybridized carbons (Fsp3) is 0.357. The van der Waals surface area contributed by atoms with Crippen molar-refractivity contribution in [2.45, 2.75) is 31.9 Å². The molecule has 1 atom stereocenters. The van der Waals surface area contributed by atoms with Crippen LogP contribution in [0, 0.1) is 34.7 Å². The molecule has 0 unspecified atom stereocenters. The number of nitrogens with zero attached hydrogens (tertiary/aromatic N) is 2. The average molecular weight is 564 g/mol. The Hall–Kier alpha value is -3.39. The highest BCUT2D eigenvalue weighted by molar-refractivity contribution is 6.32. The number of hydroxylamine groups is 1. The molecule has 1 aliphatic heterocycles. The predicted molar refractivity (Wildman–Crippen MR) is 138 cm³/mol. The predicted octanol–water partition coefficient (Wildman–Crippen LogP) is 5.74. The highest BCUT2D eigenvalue weighted by Gasteiger charge is 2.41. The van der Waals surface area contributed by atoms with Gasteiger partial charge in [0.2, 0.25) is 5.91 Å². The summed E-state index contributed by atoms with van der Waals surface area (Å²) in [5, 5.41) is 10.1. The molecule has 4 rings (SSSR count). The van der Waals surface area contributed by atoms with Crippen LogP contribution < -0.4 is 10.2 Å². The summed E-state index contributed by atoms with van der Waals surface area (Å²) in [6.45, 7) is 0.909. The van der Waals surface area contributed by atoms with E-state index in [4.69, 9.17) is 16.3 Å². The number of nitrogens with one attached hydrogen (secondary N) is 1. The summed E-state index contributed by atoms with van der Waals surface area (Å²) in [5.41, 5.74) is 0.972. The van der Waals surface area contributed by atoms with E-state index in [-0.39, 0.29) is 30.0 Å². The minimum Gasteiger partial charge on any atom is -0.497 e. The van der Waals surface area contributed by atoms with E-state index in [1.54, 1.807) is 23.7 Å². The van der Waals surface area contributed by atoms with E-state index in [0.29, 0.717) is 54.7 Å². The quantitative estimate of drug-likeness (QED) is 0.166. The lowest BCUT2D eigenvalue weighted by Crippen LogP contribution is -2.48. The maximum absolute atomic E-state index is 15.7. The van der Waals surface area contributed by atoms with Gasteiger partial charge in [-0.3, -0.25) is 19.9 Å². The summed E-state index contributed by atoms with van der Waals surface area (Å²) < 4.78 is 61.7. The van der Waals surface area contributed by atoms with Crippen LogP contribution in [0.4, 0.5) is 17.6 Å². The fourth-order valence-corrected chi connectivity index (χ4v) is 5.18. The van der Waals surface area contributed by atoms with Crippen molar-refractivity contribution in [3.63, 3.8) is 0 Å². The van der Waals surface area contributed by atoms with Gasteiger partial charge >= 0.3 is 0 Å². The van der Waals surface area contributed by atoms with Crippen LogP contribution in [0.15, 0.2) is 36.5 Å². The first-order chi connectivity index (χ1) is 18.7. The largest absolute Gasteiger partial charge is 0.497 e. The van der Waals surface area contributed by atoms with Crippen LogP contribution in [-0.4, -0.2) is 47.7 Å². The Balaban J connectivity index is 1.45. The summed E-state index contributed by atoms with van der Waals surface area (Å²) in [6, 6.07) is 6.21. The topological polar surface area (TPSA) is 74.7 Å². The van der Waals surface area contributed by atoms with E-state index < -0.39 is 40.5 Å². The van der Waals surface area contributed by atoms with Crippen molar-refractivity contribution < 1.29 is 32.3 Å². The summed E-state index contributed by atoms with van der Waals surface area (Å²) >= 11 is 6.33. The number of alkyl halides is 1. The van der Waals surface area contributed by atoms with Gasteiger partial charge in [0, 0.05) is 42.4 Å². The normalized spacial score (nSPS) is 15.9. The maximum Gasteiger partial charge on any atom is 0.249 e. The van der Waals surface area contributed by atoms with Crippen LogP contribution in [0.1, 0.15) is 43.0 Å². The Labute approximate surface area is 227 Å². The van der Waals surface area contributed by atoms with Crippen molar-refractivity contribution in [2.24, 2.45) is 5.41 Å². The minimum absolute atomic E-state index is 0.0353. The van der Waals surface area contributed by atoms with Gasteiger partial charge in [0.1, 0.15) is 29.4 Å². The molecule has 2 N–H and O–H groups in total. The van der Waals surface area contributed by atoms with Crippen LogP contribution in [0.5, 0.6) is 5.75 Å². The van der Waals surface area contributed by atoms with Crippen molar-refractivity contribution in [3.05, 3.63) is 70.1 Å². The second kappa shape index (κ2) is 12.2. The standard InChI is InChI=1S/C28H26ClF4N3O3/c1-39-18-4-5-25-20(15-18)26(21(29)16-34-25)22(31)6-7-28(27(37)35-38)8-11-36(12-9-28)10-2-3-19-23(32)13-17(30)14-24(19)33/h4-5,13-16,22,38H,6-12H2,1H3,(H,35,37)/t22-/m1/s1. The number of ether oxygens (including phenoxy) is 1. The molecular weight excluding hydrogens is 538 g/mol. The van der Waals surface area contributed by atoms with Crippen LogP contribution >= 0.6 is 11.6 Å². The molecule has 1 saturated heterocycles. The maximum atomic E-state index is 15.7. The van der Waals surface area contributed by atoms with Gasteiger partial charge in [-0.15, -0.1) is 0 Å². The van der Waals surface area contributed by atoms with Crippen LogP contribution in [-0.2, 0) is 4.79 Å². The minimum atomic E-state index is -1.51. The third-order valence-corrected chi connectivity index (χ3v) is 7.48. The summed E-state index contributed by atoms with van der Waals surface area (Å²) in [6.07, 6.45) is 0.570. The van der Waals surface area contributed by atoms with E-state index in [0.717, 1.165) is 0 Å². The average Bonchev–Trinajstić information content (AvgIpc) is 2.93. The van der Waals surface area contributed by atoms with Gasteiger partial charge in [-0.25, -0.2) is 23.0 Å². The highest BCUT2D eigenvalue weighted by Crippen LogP contribution is 2.42. The molecule has 206 valence electrons. The number of rotatable bonds is 7. The van der Waals surface area contributed by atoms with Crippen LogP contribution in [0.2, 0.25) is 5.02 Å². The molecule has 0 spiro atoms. The zero-order valence-corrected chi connectivity index (χ0v) is 21.8. The molecule has 0 aliphatic carbocycles. The first kappa shape index (κ1) is 28.6. The second-order valence-corrected chi connectivity index (χ2v) is 9.86. The molecule has 1 aliphatic rings. The highest BCUT2D eigenvalue weighted by atomic mass is 35.5. The third-order valence-electron chi connectivity index (χ3n) is 7.18. The van der Waals surface area contributed by atoms with Crippen molar-refractivity contribution in [3.8, 4) is 17.6 Å². The molecular formula is C28H26ClF4N3O3. The zero-order chi connectivity index (χ0) is 28.2. The number of benzene rings is 2. The number of likely N-dealkylation sites (tertiary alicyclic amines) is 1. The monoisotopic (exact) mass is 563 g/mol. The van der Waals surface area contributed by atoms with Gasteiger partial charge < -0.3 is 4.74 Å². The van der Waals surface area contributed by atoms with Crippen LogP contribution in [0.25, 0.3) is 10.9 Å². The molecule has 1 amide bonds. The van der Waals surface area contributed by atoms with Gasteiger partial charge in [0.15, 0.2) is 0 Å². The second-order valence-electron chi connectivity index (χ2n) is 9.45. The number of hydrogen-bond donors (Lipinski definition) is 2. The number of piperidine rings is 1. The van der Waals surface area contributed by atoms with E-state index in [1.807, 2.05) is 4.90 Å². The number of pyridine rings is 1. The number of fused-ring (bicyclic) bond motifs is 1. The van der Waals surface area contributed by atoms with Gasteiger partial charge in [-0.1, -0.05) is 23.4 Å². The number of carbonyl (C=O) groups excluding carboxylic acids is 1. The number of carbonyl (C=O) groups is 1.